The zero-order valence-electron chi connectivity index (χ0n) is 8.81. The normalized spacial score (nSPS) is 11.4. The van der Waals surface area contributed by atoms with Gasteiger partial charge in [-0.1, -0.05) is 0 Å². The third kappa shape index (κ3) is 2.68. The van der Waals surface area contributed by atoms with Crippen molar-refractivity contribution in [2.45, 2.75) is 5.03 Å². The number of sulfonamides is 1. The lowest BCUT2D eigenvalue weighted by Gasteiger charge is -2.11. The van der Waals surface area contributed by atoms with Crippen molar-refractivity contribution in [2.75, 3.05) is 10.5 Å². The summed E-state index contributed by atoms with van der Waals surface area (Å²) in [5.74, 6) is 0. The molecule has 1 heterocycles. The van der Waals surface area contributed by atoms with Gasteiger partial charge in [-0.25, -0.2) is 0 Å². The second-order valence-corrected chi connectivity index (χ2v) is 6.75. The van der Waals surface area contributed by atoms with Gasteiger partial charge >= 0.3 is 0 Å². The van der Waals surface area contributed by atoms with Crippen molar-refractivity contribution in [3.63, 3.8) is 0 Å². The lowest BCUT2D eigenvalue weighted by Crippen LogP contribution is -2.14. The molecule has 0 aliphatic heterocycles. The van der Waals surface area contributed by atoms with Gasteiger partial charge < -0.3 is 5.73 Å². The first kappa shape index (κ1) is 13.4. The number of rotatable bonds is 3. The van der Waals surface area contributed by atoms with Crippen LogP contribution in [0.2, 0.25) is 0 Å². The van der Waals surface area contributed by atoms with Gasteiger partial charge in [-0.15, -0.1) is 0 Å². The molecule has 0 radical (unpaired) electrons. The molecule has 0 amide bonds. The van der Waals surface area contributed by atoms with Crippen LogP contribution in [0.4, 0.5) is 11.4 Å². The maximum atomic E-state index is 12.0. The quantitative estimate of drug-likeness (QED) is 0.694. The van der Waals surface area contributed by atoms with E-state index in [1.165, 1.54) is 12.3 Å². The molecule has 0 fully saturated rings. The molecule has 1 aromatic carbocycles. The summed E-state index contributed by atoms with van der Waals surface area (Å²) in [6.07, 6.45) is 1.36. The van der Waals surface area contributed by atoms with E-state index >= 15 is 0 Å². The molecule has 0 aliphatic carbocycles. The molecule has 9 heteroatoms. The molecule has 0 bridgehead atoms. The molecule has 96 valence electrons. The van der Waals surface area contributed by atoms with Crippen molar-refractivity contribution in [3.8, 4) is 0 Å². The number of nitrogens with zero attached hydrogens (tertiary/aromatic N) is 1. The molecule has 0 spiro atoms. The first-order valence-electron chi connectivity index (χ1n) is 4.67. The topological polar surface area (TPSA) is 101 Å². The van der Waals surface area contributed by atoms with Crippen molar-refractivity contribution in [3.05, 3.63) is 33.3 Å². The van der Waals surface area contributed by atoms with Crippen LogP contribution in [0.5, 0.6) is 0 Å². The highest BCUT2D eigenvalue weighted by Crippen LogP contribution is 2.34. The van der Waals surface area contributed by atoms with Gasteiger partial charge in [0.1, 0.15) is 0 Å². The average molecular weight is 396 g/mol. The Morgan fingerprint density at radius 2 is 1.89 bits per heavy atom. The van der Waals surface area contributed by atoms with E-state index in [4.69, 9.17) is 5.73 Å². The smallest absolute Gasteiger partial charge is 0.278 e. The Balaban J connectivity index is 2.42. The predicted molar refractivity (Wildman–Crippen MR) is 75.7 cm³/mol. The maximum Gasteiger partial charge on any atom is 0.278 e. The highest BCUT2D eigenvalue weighted by atomic mass is 79.9. The maximum absolute atomic E-state index is 12.0. The van der Waals surface area contributed by atoms with E-state index in [1.54, 1.807) is 12.1 Å². The molecule has 0 saturated heterocycles. The van der Waals surface area contributed by atoms with Crippen LogP contribution < -0.4 is 10.5 Å². The van der Waals surface area contributed by atoms with Gasteiger partial charge in [0.2, 0.25) is 0 Å². The Morgan fingerprint density at radius 3 is 2.39 bits per heavy atom. The number of nitrogens with two attached hydrogens (primary N) is 1. The Kier molecular flexibility index (Phi) is 3.64. The summed E-state index contributed by atoms with van der Waals surface area (Å²) in [6, 6.07) is 4.58. The monoisotopic (exact) mass is 394 g/mol. The Hall–Kier alpha value is -1.06. The zero-order valence-corrected chi connectivity index (χ0v) is 12.8. The van der Waals surface area contributed by atoms with E-state index in [0.717, 1.165) is 0 Å². The van der Waals surface area contributed by atoms with Crippen molar-refractivity contribution in [2.24, 2.45) is 0 Å². The summed E-state index contributed by atoms with van der Waals surface area (Å²) in [7, 11) is -3.70. The van der Waals surface area contributed by atoms with Gasteiger partial charge in [-0.05, 0) is 50.1 Å². The number of H-pyrrole nitrogens is 1. The first-order chi connectivity index (χ1) is 8.40. The summed E-state index contributed by atoms with van der Waals surface area (Å²) >= 11 is 6.50. The van der Waals surface area contributed by atoms with Crippen LogP contribution in [0.3, 0.4) is 0 Å². The van der Waals surface area contributed by atoms with Crippen LogP contribution in [0, 0.1) is 0 Å². The van der Waals surface area contributed by atoms with Crippen LogP contribution in [0.25, 0.3) is 0 Å². The van der Waals surface area contributed by atoms with Gasteiger partial charge in [-0.2, -0.15) is 13.5 Å². The Morgan fingerprint density at radius 1 is 1.28 bits per heavy atom. The van der Waals surface area contributed by atoms with E-state index in [1.807, 2.05) is 0 Å². The van der Waals surface area contributed by atoms with Gasteiger partial charge in [0.15, 0.2) is 5.03 Å². The van der Waals surface area contributed by atoms with E-state index in [-0.39, 0.29) is 5.03 Å². The molecule has 0 atom stereocenters. The number of nitrogen functional groups attached to an aromatic ring is 1. The van der Waals surface area contributed by atoms with Gasteiger partial charge in [0.25, 0.3) is 10.0 Å². The molecule has 18 heavy (non-hydrogen) atoms. The second kappa shape index (κ2) is 4.90. The van der Waals surface area contributed by atoms with E-state index in [0.29, 0.717) is 20.3 Å². The van der Waals surface area contributed by atoms with Crippen molar-refractivity contribution in [1.82, 2.24) is 10.2 Å². The minimum Gasteiger partial charge on any atom is -0.399 e. The Labute approximate surface area is 120 Å². The molecule has 4 N–H and O–H groups in total. The van der Waals surface area contributed by atoms with Crippen LogP contribution in [-0.2, 0) is 10.0 Å². The molecule has 0 saturated carbocycles. The largest absolute Gasteiger partial charge is 0.399 e. The third-order valence-corrected chi connectivity index (χ3v) is 4.60. The number of anilines is 2. The second-order valence-electron chi connectivity index (χ2n) is 3.39. The fourth-order valence-electron chi connectivity index (χ4n) is 1.27. The average Bonchev–Trinajstić information content (AvgIpc) is 2.77. The number of aromatic amines is 1. The minimum absolute atomic E-state index is 0.0156. The van der Waals surface area contributed by atoms with E-state index in [2.05, 4.69) is 46.8 Å². The summed E-state index contributed by atoms with van der Waals surface area (Å²) in [4.78, 5) is 0. The van der Waals surface area contributed by atoms with E-state index < -0.39 is 10.0 Å². The Bertz CT molecular complexity index is 647. The van der Waals surface area contributed by atoms with Crippen LogP contribution in [-0.4, -0.2) is 18.6 Å². The van der Waals surface area contributed by atoms with Gasteiger partial charge in [-0.3, -0.25) is 9.82 Å². The molecule has 1 aromatic heterocycles. The van der Waals surface area contributed by atoms with Gasteiger partial charge in [0.05, 0.1) is 11.9 Å². The number of benzene rings is 1. The number of nitrogens with one attached hydrogen (secondary N) is 2. The summed E-state index contributed by atoms with van der Waals surface area (Å²) in [5.41, 5.74) is 6.52. The van der Waals surface area contributed by atoms with Crippen LogP contribution in [0.1, 0.15) is 0 Å². The summed E-state index contributed by atoms with van der Waals surface area (Å²) < 4.78 is 27.5. The number of aromatic nitrogens is 2. The summed E-state index contributed by atoms with van der Waals surface area (Å²) in [6.45, 7) is 0. The summed E-state index contributed by atoms with van der Waals surface area (Å²) in [5, 5.41) is 5.98. The van der Waals surface area contributed by atoms with Crippen molar-refractivity contribution in [1.29, 1.82) is 0 Å². The standard InChI is InChI=1S/C9H8Br2N4O2S/c10-6-3-5(12)4-7(11)9(6)15-18(16,17)8-1-2-13-14-8/h1-4,15H,12H2,(H,13,14). The molecule has 0 unspecified atom stereocenters. The van der Waals surface area contributed by atoms with Crippen LogP contribution >= 0.6 is 31.9 Å². The molecule has 2 aromatic rings. The third-order valence-electron chi connectivity index (χ3n) is 2.07. The highest BCUT2D eigenvalue weighted by molar-refractivity contribution is 9.11. The predicted octanol–water partition coefficient (Wildman–Crippen LogP) is 2.32. The highest BCUT2D eigenvalue weighted by Gasteiger charge is 2.18. The molecule has 2 rings (SSSR count). The van der Waals surface area contributed by atoms with Crippen LogP contribution in [0.15, 0.2) is 38.4 Å². The van der Waals surface area contributed by atoms with Crippen molar-refractivity contribution < 1.29 is 8.42 Å². The fraction of sp³-hybridized carbons (Fsp3) is 0. The molecule has 6 nitrogen and oxygen atoms in total. The lowest BCUT2D eigenvalue weighted by molar-refractivity contribution is 0.597. The lowest BCUT2D eigenvalue weighted by atomic mass is 10.3. The SMILES string of the molecule is Nc1cc(Br)c(NS(=O)(=O)c2ccn[nH]2)c(Br)c1. The number of hydrogen-bond acceptors (Lipinski definition) is 4. The number of halogens is 2. The zero-order chi connectivity index (χ0) is 13.3. The van der Waals surface area contributed by atoms with Crippen molar-refractivity contribution >= 4 is 53.3 Å². The van der Waals surface area contributed by atoms with Gasteiger partial charge in [0, 0.05) is 14.6 Å². The number of hydrogen-bond donors (Lipinski definition) is 3. The minimum atomic E-state index is -3.70. The fourth-order valence-corrected chi connectivity index (χ4v) is 3.97. The molecule has 0 aliphatic rings. The molecular weight excluding hydrogens is 388 g/mol. The first-order valence-corrected chi connectivity index (χ1v) is 7.74. The molecular formula is C9H8Br2N4O2S. The van der Waals surface area contributed by atoms with E-state index in [9.17, 15) is 8.42 Å².